The lowest BCUT2D eigenvalue weighted by molar-refractivity contribution is -0.163. The Labute approximate surface area is 148 Å². The summed E-state index contributed by atoms with van der Waals surface area (Å²) >= 11 is 3.09. The molecule has 8 heteroatoms. The van der Waals surface area contributed by atoms with Crippen molar-refractivity contribution in [2.75, 3.05) is 5.08 Å². The van der Waals surface area contributed by atoms with Crippen LogP contribution in [-0.2, 0) is 15.3 Å². The maximum Gasteiger partial charge on any atom is 0.353 e. The molecule has 0 aliphatic carbocycles. The Hall–Kier alpha value is -1.38. The Kier molecular flexibility index (Phi) is 4.98. The molecule has 3 rings (SSSR count). The van der Waals surface area contributed by atoms with Crippen molar-refractivity contribution in [2.24, 2.45) is 11.8 Å². The topological polar surface area (TPSA) is 91.0 Å². The molecule has 4 atom stereocenters. The van der Waals surface area contributed by atoms with Gasteiger partial charge in [-0.05, 0) is 19.1 Å². The van der Waals surface area contributed by atoms with Crippen LogP contribution in [-0.4, -0.2) is 44.2 Å². The minimum absolute atomic E-state index is 0.0809. The molecule has 0 spiro atoms. The molecule has 130 valence electrons. The molecule has 0 unspecified atom stereocenters. The smallest absolute Gasteiger partial charge is 0.353 e. The van der Waals surface area contributed by atoms with Crippen LogP contribution in [0.15, 0.2) is 33.4 Å². The monoisotopic (exact) mass is 369 g/mol. The number of fused-ring (bicyclic) bond motifs is 1. The fourth-order valence-electron chi connectivity index (χ4n) is 3.36. The first-order chi connectivity index (χ1) is 11.4. The predicted octanol–water partition coefficient (Wildman–Crippen LogP) is 2.36. The van der Waals surface area contributed by atoms with Crippen molar-refractivity contribution in [3.63, 3.8) is 0 Å². The van der Waals surface area contributed by atoms with Crippen molar-refractivity contribution in [3.8, 4) is 0 Å². The minimum atomic E-state index is -1.08. The largest absolute Gasteiger partial charge is 0.477 e. The molecule has 2 aliphatic rings. The lowest BCUT2D eigenvalue weighted by Gasteiger charge is -2.46. The quantitative estimate of drug-likeness (QED) is 0.433. The van der Waals surface area contributed by atoms with E-state index >= 15 is 0 Å². The maximum absolute atomic E-state index is 12.2. The van der Waals surface area contributed by atoms with Crippen LogP contribution in [0.5, 0.6) is 0 Å². The predicted molar refractivity (Wildman–Crippen MR) is 92.1 cm³/mol. The van der Waals surface area contributed by atoms with E-state index < -0.39 is 18.0 Å². The van der Waals surface area contributed by atoms with E-state index in [0.717, 1.165) is 10.7 Å². The van der Waals surface area contributed by atoms with Gasteiger partial charge < -0.3 is 19.5 Å². The summed E-state index contributed by atoms with van der Waals surface area (Å²) in [5.74, 6) is -0.378. The Bertz CT molecular complexity index is 670. The SMILES string of the molecule is C[C@@H](O)[C@H]1C(=O)N2C(C(=O)O)=C(SCSCc3ccco3)[C@H](C)[C@H]12. The molecule has 6 nitrogen and oxygen atoms in total. The third kappa shape index (κ3) is 2.87. The summed E-state index contributed by atoms with van der Waals surface area (Å²) < 4.78 is 5.27. The number of aliphatic carboxylic acids is 1. The number of β-lactam (4-membered cyclic amide) rings is 1. The fraction of sp³-hybridized carbons (Fsp3) is 0.500. The van der Waals surface area contributed by atoms with Crippen LogP contribution in [0.1, 0.15) is 19.6 Å². The molecule has 0 bridgehead atoms. The van der Waals surface area contributed by atoms with Gasteiger partial charge in [0.2, 0.25) is 5.91 Å². The van der Waals surface area contributed by atoms with Crippen molar-refractivity contribution in [1.82, 2.24) is 4.90 Å². The lowest BCUT2D eigenvalue weighted by atomic mass is 9.79. The number of carboxylic acids is 1. The summed E-state index contributed by atoms with van der Waals surface area (Å²) in [6.07, 6.45) is 0.855. The van der Waals surface area contributed by atoms with Gasteiger partial charge >= 0.3 is 5.97 Å². The van der Waals surface area contributed by atoms with Crippen molar-refractivity contribution >= 4 is 35.4 Å². The van der Waals surface area contributed by atoms with Crippen LogP contribution in [0.25, 0.3) is 0 Å². The van der Waals surface area contributed by atoms with Gasteiger partial charge in [0.1, 0.15) is 11.5 Å². The number of nitrogens with zero attached hydrogens (tertiary/aromatic N) is 1. The molecule has 0 aromatic carbocycles. The van der Waals surface area contributed by atoms with Crippen LogP contribution in [0, 0.1) is 11.8 Å². The van der Waals surface area contributed by atoms with E-state index in [9.17, 15) is 19.8 Å². The highest BCUT2D eigenvalue weighted by molar-refractivity contribution is 8.17. The normalized spacial score (nSPS) is 27.2. The second kappa shape index (κ2) is 6.85. The third-order valence-corrected chi connectivity index (χ3v) is 6.94. The highest BCUT2D eigenvalue weighted by atomic mass is 32.2. The molecule has 2 N–H and O–H groups in total. The van der Waals surface area contributed by atoms with Crippen LogP contribution in [0.2, 0.25) is 0 Å². The van der Waals surface area contributed by atoms with Crippen LogP contribution in [0.3, 0.4) is 0 Å². The second-order valence-corrected chi connectivity index (χ2v) is 8.33. The average molecular weight is 369 g/mol. The van der Waals surface area contributed by atoms with Gasteiger partial charge in [0.25, 0.3) is 0 Å². The number of rotatable bonds is 7. The number of amides is 1. The van der Waals surface area contributed by atoms with Crippen LogP contribution >= 0.6 is 23.5 Å². The minimum Gasteiger partial charge on any atom is -0.477 e. The van der Waals surface area contributed by atoms with E-state index in [2.05, 4.69) is 0 Å². The molecule has 3 heterocycles. The summed E-state index contributed by atoms with van der Waals surface area (Å²) in [5, 5.41) is 20.0. The molecule has 1 aromatic rings. The van der Waals surface area contributed by atoms with Crippen molar-refractivity contribution in [3.05, 3.63) is 34.8 Å². The van der Waals surface area contributed by atoms with Gasteiger partial charge in [-0.3, -0.25) is 4.79 Å². The van der Waals surface area contributed by atoms with Crippen LogP contribution in [0.4, 0.5) is 0 Å². The van der Waals surface area contributed by atoms with Crippen molar-refractivity contribution in [1.29, 1.82) is 0 Å². The zero-order valence-corrected chi connectivity index (χ0v) is 15.0. The highest BCUT2D eigenvalue weighted by Crippen LogP contribution is 2.50. The van der Waals surface area contributed by atoms with E-state index in [1.165, 1.54) is 16.7 Å². The summed E-state index contributed by atoms with van der Waals surface area (Å²) in [4.78, 5) is 25.9. The average Bonchev–Trinajstić information content (AvgIpc) is 3.09. The Balaban J connectivity index is 1.68. The summed E-state index contributed by atoms with van der Waals surface area (Å²) in [6.45, 7) is 3.51. The summed E-state index contributed by atoms with van der Waals surface area (Å²) in [7, 11) is 0. The number of carbonyl (C=O) groups excluding carboxylic acids is 1. The molecule has 1 fully saturated rings. The Morgan fingerprint density at radius 2 is 2.25 bits per heavy atom. The van der Waals surface area contributed by atoms with Gasteiger partial charge in [-0.25, -0.2) is 4.79 Å². The number of hydrogen-bond donors (Lipinski definition) is 2. The molecular weight excluding hydrogens is 350 g/mol. The van der Waals surface area contributed by atoms with Crippen LogP contribution < -0.4 is 0 Å². The van der Waals surface area contributed by atoms with E-state index in [4.69, 9.17) is 4.42 Å². The van der Waals surface area contributed by atoms with Gasteiger partial charge in [-0.2, -0.15) is 0 Å². The van der Waals surface area contributed by atoms with Gasteiger partial charge in [-0.1, -0.05) is 6.92 Å². The third-order valence-electron chi connectivity index (χ3n) is 4.43. The first-order valence-corrected chi connectivity index (χ1v) is 9.79. The zero-order valence-electron chi connectivity index (χ0n) is 13.3. The highest BCUT2D eigenvalue weighted by Gasteiger charge is 2.59. The Morgan fingerprint density at radius 3 is 2.83 bits per heavy atom. The summed E-state index contributed by atoms with van der Waals surface area (Å²) in [6, 6.07) is 3.48. The van der Waals surface area contributed by atoms with Crippen molar-refractivity contribution < 1.29 is 24.2 Å². The summed E-state index contributed by atoms with van der Waals surface area (Å²) in [5.41, 5.74) is 0.0815. The van der Waals surface area contributed by atoms with E-state index in [-0.39, 0.29) is 23.6 Å². The fourth-order valence-corrected chi connectivity index (χ4v) is 5.62. The second-order valence-electron chi connectivity index (χ2n) is 5.96. The number of hydrogen-bond acceptors (Lipinski definition) is 6. The van der Waals surface area contributed by atoms with E-state index in [1.54, 1.807) is 24.9 Å². The first-order valence-electron chi connectivity index (χ1n) is 7.65. The zero-order chi connectivity index (χ0) is 17.4. The molecule has 24 heavy (non-hydrogen) atoms. The van der Waals surface area contributed by atoms with Gasteiger partial charge in [-0.15, -0.1) is 23.5 Å². The number of carboxylic acid groups (broad SMARTS) is 1. The van der Waals surface area contributed by atoms with Gasteiger partial charge in [0, 0.05) is 15.9 Å². The first kappa shape index (κ1) is 17.4. The number of aliphatic hydroxyl groups excluding tert-OH is 1. The number of carbonyl (C=O) groups is 2. The maximum atomic E-state index is 12.2. The lowest BCUT2D eigenvalue weighted by Crippen LogP contribution is -2.63. The number of furan rings is 1. The van der Waals surface area contributed by atoms with Gasteiger partial charge in [0.15, 0.2) is 0 Å². The molecule has 0 radical (unpaired) electrons. The molecule has 0 saturated carbocycles. The standard InChI is InChI=1S/C16H19NO5S2/c1-8-12-11(9(2)18)15(19)17(12)13(16(20)21)14(8)24-7-23-6-10-4-3-5-22-10/h3-5,8-9,11-12,18H,6-7H2,1-2H3,(H,20,21)/t8-,9-,11-,12-/m1/s1. The van der Waals surface area contributed by atoms with Crippen molar-refractivity contribution in [2.45, 2.75) is 31.7 Å². The molecule has 2 aliphatic heterocycles. The van der Waals surface area contributed by atoms with E-state index in [0.29, 0.717) is 10.8 Å². The molecular formula is C16H19NO5S2. The Morgan fingerprint density at radius 1 is 1.50 bits per heavy atom. The van der Waals surface area contributed by atoms with Gasteiger partial charge in [0.05, 0.1) is 30.1 Å². The van der Waals surface area contributed by atoms with E-state index in [1.807, 2.05) is 19.1 Å². The molecule has 1 saturated heterocycles. The molecule has 1 aromatic heterocycles. The molecule has 1 amide bonds. The number of aliphatic hydroxyl groups is 1. The number of thioether (sulfide) groups is 2.